The van der Waals surface area contributed by atoms with Gasteiger partial charge in [0.15, 0.2) is 0 Å². The predicted molar refractivity (Wildman–Crippen MR) is 85.1 cm³/mol. The molecule has 1 aliphatic heterocycles. The first-order chi connectivity index (χ1) is 9.51. The van der Waals surface area contributed by atoms with Crippen LogP contribution in [-0.2, 0) is 0 Å². The van der Waals surface area contributed by atoms with E-state index in [1.54, 1.807) is 0 Å². The van der Waals surface area contributed by atoms with Crippen molar-refractivity contribution in [2.75, 3.05) is 13.6 Å². The number of hydrogen-bond donors (Lipinski definition) is 4. The van der Waals surface area contributed by atoms with Crippen LogP contribution < -0.4 is 22.1 Å². The van der Waals surface area contributed by atoms with Gasteiger partial charge in [0.05, 0.1) is 11.8 Å². The van der Waals surface area contributed by atoms with Crippen molar-refractivity contribution in [1.82, 2.24) is 10.6 Å². The van der Waals surface area contributed by atoms with Crippen LogP contribution >= 0.6 is 0 Å². The van der Waals surface area contributed by atoms with Crippen molar-refractivity contribution in [3.8, 4) is 0 Å². The van der Waals surface area contributed by atoms with Crippen molar-refractivity contribution in [2.45, 2.75) is 76.5 Å². The molecule has 3 unspecified atom stereocenters. The van der Waals surface area contributed by atoms with E-state index in [-0.39, 0.29) is 17.2 Å². The summed E-state index contributed by atoms with van der Waals surface area (Å²) in [5, 5.41) is 6.90. The first kappa shape index (κ1) is 16.2. The SMILES string of the molecule is CNC(N)C1CCNC(N)(C2(C)CCCCCC2)CC1. The Bertz CT molecular complexity index is 299. The van der Waals surface area contributed by atoms with Gasteiger partial charge in [0, 0.05) is 0 Å². The van der Waals surface area contributed by atoms with Gasteiger partial charge in [-0.25, -0.2) is 0 Å². The Labute approximate surface area is 124 Å². The number of hydrogen-bond acceptors (Lipinski definition) is 4. The third-order valence-electron chi connectivity index (χ3n) is 5.99. The fourth-order valence-corrected chi connectivity index (χ4v) is 4.19. The lowest BCUT2D eigenvalue weighted by molar-refractivity contribution is 0.0781. The van der Waals surface area contributed by atoms with E-state index < -0.39 is 0 Å². The Morgan fingerprint density at radius 3 is 2.35 bits per heavy atom. The molecule has 4 nitrogen and oxygen atoms in total. The topological polar surface area (TPSA) is 76.1 Å². The first-order valence-electron chi connectivity index (χ1n) is 8.47. The molecular formula is C16H34N4. The molecule has 1 saturated carbocycles. The Kier molecular flexibility index (Phi) is 5.46. The molecule has 1 heterocycles. The minimum absolute atomic E-state index is 0.0982. The summed E-state index contributed by atoms with van der Waals surface area (Å²) in [7, 11) is 1.95. The van der Waals surface area contributed by atoms with Crippen LogP contribution in [-0.4, -0.2) is 25.4 Å². The summed E-state index contributed by atoms with van der Waals surface area (Å²) in [6, 6.07) is 0. The third-order valence-corrected chi connectivity index (χ3v) is 5.99. The Morgan fingerprint density at radius 2 is 1.75 bits per heavy atom. The van der Waals surface area contributed by atoms with Crippen LogP contribution in [0.2, 0.25) is 0 Å². The molecule has 2 fully saturated rings. The van der Waals surface area contributed by atoms with E-state index in [9.17, 15) is 0 Å². The molecule has 0 aromatic rings. The molecule has 0 bridgehead atoms. The summed E-state index contributed by atoms with van der Waals surface area (Å²) < 4.78 is 0. The van der Waals surface area contributed by atoms with E-state index in [0.29, 0.717) is 5.92 Å². The maximum atomic E-state index is 6.87. The Hall–Kier alpha value is -0.160. The van der Waals surface area contributed by atoms with Crippen molar-refractivity contribution >= 4 is 0 Å². The highest BCUT2D eigenvalue weighted by molar-refractivity contribution is 5.00. The van der Waals surface area contributed by atoms with E-state index >= 15 is 0 Å². The number of nitrogens with two attached hydrogens (primary N) is 2. The van der Waals surface area contributed by atoms with Gasteiger partial charge in [-0.2, -0.15) is 0 Å². The number of rotatable bonds is 3. The normalized spacial score (nSPS) is 36.9. The van der Waals surface area contributed by atoms with E-state index in [1.165, 1.54) is 38.5 Å². The zero-order valence-corrected chi connectivity index (χ0v) is 13.4. The van der Waals surface area contributed by atoms with Gasteiger partial charge in [-0.05, 0) is 57.0 Å². The highest BCUT2D eigenvalue weighted by Crippen LogP contribution is 2.44. The monoisotopic (exact) mass is 282 g/mol. The summed E-state index contributed by atoms with van der Waals surface area (Å²) in [5.74, 6) is 0.535. The molecule has 20 heavy (non-hydrogen) atoms. The minimum Gasteiger partial charge on any atom is -0.316 e. The van der Waals surface area contributed by atoms with Crippen LogP contribution in [0.25, 0.3) is 0 Å². The molecule has 2 aliphatic rings. The molecular weight excluding hydrogens is 248 g/mol. The van der Waals surface area contributed by atoms with Crippen LogP contribution in [0.15, 0.2) is 0 Å². The summed E-state index contributed by atoms with van der Waals surface area (Å²) in [6.45, 7) is 3.40. The van der Waals surface area contributed by atoms with Crippen LogP contribution in [0.4, 0.5) is 0 Å². The molecule has 2 rings (SSSR count). The van der Waals surface area contributed by atoms with Gasteiger partial charge in [0.1, 0.15) is 0 Å². The van der Waals surface area contributed by atoms with E-state index in [0.717, 1.165) is 25.8 Å². The highest BCUT2D eigenvalue weighted by Gasteiger charge is 2.45. The van der Waals surface area contributed by atoms with Crippen molar-refractivity contribution in [3.63, 3.8) is 0 Å². The largest absolute Gasteiger partial charge is 0.316 e. The van der Waals surface area contributed by atoms with Crippen molar-refractivity contribution < 1.29 is 0 Å². The minimum atomic E-state index is -0.209. The van der Waals surface area contributed by atoms with Crippen molar-refractivity contribution in [1.29, 1.82) is 0 Å². The fourth-order valence-electron chi connectivity index (χ4n) is 4.19. The Balaban J connectivity index is 2.05. The molecule has 1 saturated heterocycles. The average Bonchev–Trinajstić information content (AvgIpc) is 2.78. The summed E-state index contributed by atoms with van der Waals surface area (Å²) in [5.41, 5.74) is 13.1. The zero-order chi connectivity index (χ0) is 14.6. The third kappa shape index (κ3) is 3.35. The summed E-state index contributed by atoms with van der Waals surface area (Å²) in [4.78, 5) is 0. The molecule has 1 aliphatic carbocycles. The predicted octanol–water partition coefficient (Wildman–Crippen LogP) is 1.90. The van der Waals surface area contributed by atoms with Gasteiger partial charge in [-0.1, -0.05) is 32.6 Å². The highest BCUT2D eigenvalue weighted by atomic mass is 15.1. The molecule has 0 aromatic carbocycles. The van der Waals surface area contributed by atoms with Gasteiger partial charge < -0.3 is 16.8 Å². The first-order valence-corrected chi connectivity index (χ1v) is 8.47. The summed E-state index contributed by atoms with van der Waals surface area (Å²) >= 11 is 0. The molecule has 0 radical (unpaired) electrons. The van der Waals surface area contributed by atoms with Crippen LogP contribution in [0.5, 0.6) is 0 Å². The second-order valence-corrected chi connectivity index (χ2v) is 7.27. The smallest absolute Gasteiger partial charge is 0.0717 e. The lowest BCUT2D eigenvalue weighted by atomic mass is 9.69. The second-order valence-electron chi connectivity index (χ2n) is 7.27. The molecule has 0 aromatic heterocycles. The second kappa shape index (κ2) is 6.73. The van der Waals surface area contributed by atoms with Gasteiger partial charge in [-0.15, -0.1) is 0 Å². The maximum absolute atomic E-state index is 6.87. The van der Waals surface area contributed by atoms with E-state index in [2.05, 4.69) is 17.6 Å². The molecule has 6 N–H and O–H groups in total. The van der Waals surface area contributed by atoms with E-state index in [4.69, 9.17) is 11.5 Å². The molecule has 0 amide bonds. The van der Waals surface area contributed by atoms with Gasteiger partial charge in [0.2, 0.25) is 0 Å². The molecule has 0 spiro atoms. The van der Waals surface area contributed by atoms with Crippen LogP contribution in [0.1, 0.15) is 64.7 Å². The quantitative estimate of drug-likeness (QED) is 0.471. The Morgan fingerprint density at radius 1 is 1.10 bits per heavy atom. The van der Waals surface area contributed by atoms with Crippen molar-refractivity contribution in [3.05, 3.63) is 0 Å². The van der Waals surface area contributed by atoms with Gasteiger partial charge in [-0.3, -0.25) is 5.32 Å². The fraction of sp³-hybridized carbons (Fsp3) is 1.00. The van der Waals surface area contributed by atoms with Crippen LogP contribution in [0.3, 0.4) is 0 Å². The maximum Gasteiger partial charge on any atom is 0.0717 e. The molecule has 4 heteroatoms. The van der Waals surface area contributed by atoms with Crippen LogP contribution in [0, 0.1) is 11.3 Å². The lowest BCUT2D eigenvalue weighted by Crippen LogP contribution is -2.63. The van der Waals surface area contributed by atoms with Crippen molar-refractivity contribution in [2.24, 2.45) is 22.8 Å². The van der Waals surface area contributed by atoms with Gasteiger partial charge in [0.25, 0.3) is 0 Å². The molecule has 3 atom stereocenters. The average molecular weight is 282 g/mol. The standard InChI is InChI=1S/C16H34N4/c1-15(9-5-3-4-6-10-15)16(18)11-7-13(8-12-20-16)14(17)19-2/h13-14,19-20H,3-12,17-18H2,1-2H3. The van der Waals surface area contributed by atoms with Gasteiger partial charge >= 0.3 is 0 Å². The van der Waals surface area contributed by atoms with E-state index in [1.807, 2.05) is 7.05 Å². The lowest BCUT2D eigenvalue weighted by Gasteiger charge is -2.46. The number of nitrogens with one attached hydrogen (secondary N) is 2. The molecule has 118 valence electrons. The zero-order valence-electron chi connectivity index (χ0n) is 13.4. The summed E-state index contributed by atoms with van der Waals surface area (Å²) in [6.07, 6.45) is 11.3.